The molecule has 2 aromatic carbocycles. The van der Waals surface area contributed by atoms with Crippen LogP contribution in [0, 0.1) is 6.92 Å². The topological polar surface area (TPSA) is 107 Å². The number of anilines is 2. The normalized spacial score (nSPS) is 14.7. The zero-order chi connectivity index (χ0) is 22.5. The summed E-state index contributed by atoms with van der Waals surface area (Å²) in [7, 11) is 0. The molecule has 166 valence electrons. The molecular weight excluding hydrogens is 406 g/mol. The van der Waals surface area contributed by atoms with Gasteiger partial charge in [-0.2, -0.15) is 0 Å². The standard InChI is InChI=1S/C24H27N5O3/c1-16-25-21-13-17(9-10-20(21)24(32)26-16)23(31)28-19-8-6-7-18(14-19)27-22(30)15-29-11-4-2-3-5-12-29/h6-10,13-14H,2-5,11-12,15H2,1H3,(H,27,30)(H,28,31)(H,25,26,32). The summed E-state index contributed by atoms with van der Waals surface area (Å²) in [6, 6.07) is 11.8. The van der Waals surface area contributed by atoms with Crippen molar-refractivity contribution in [2.24, 2.45) is 0 Å². The van der Waals surface area contributed by atoms with Crippen molar-refractivity contribution in [3.8, 4) is 0 Å². The molecule has 0 saturated carbocycles. The van der Waals surface area contributed by atoms with Gasteiger partial charge in [-0.15, -0.1) is 0 Å². The summed E-state index contributed by atoms with van der Waals surface area (Å²) in [5.74, 6) is 0.111. The molecule has 4 rings (SSSR count). The molecule has 1 aromatic heterocycles. The van der Waals surface area contributed by atoms with Crippen LogP contribution in [0.3, 0.4) is 0 Å². The first-order chi connectivity index (χ1) is 15.5. The molecule has 2 amide bonds. The number of hydrogen-bond donors (Lipinski definition) is 3. The number of likely N-dealkylation sites (tertiary alicyclic amines) is 1. The van der Waals surface area contributed by atoms with E-state index >= 15 is 0 Å². The van der Waals surface area contributed by atoms with Gasteiger partial charge in [0.05, 0.1) is 17.4 Å². The lowest BCUT2D eigenvalue weighted by molar-refractivity contribution is -0.117. The van der Waals surface area contributed by atoms with Crippen LogP contribution in [0.5, 0.6) is 0 Å². The van der Waals surface area contributed by atoms with Gasteiger partial charge in [0.15, 0.2) is 0 Å². The molecule has 32 heavy (non-hydrogen) atoms. The van der Waals surface area contributed by atoms with E-state index < -0.39 is 0 Å². The fourth-order valence-electron chi connectivity index (χ4n) is 3.97. The van der Waals surface area contributed by atoms with Crippen LogP contribution in [0.2, 0.25) is 0 Å². The second kappa shape index (κ2) is 9.74. The molecule has 8 heteroatoms. The number of benzene rings is 2. The van der Waals surface area contributed by atoms with E-state index in [0.29, 0.717) is 40.2 Å². The molecule has 0 atom stereocenters. The predicted octanol–water partition coefficient (Wildman–Crippen LogP) is 3.30. The summed E-state index contributed by atoms with van der Waals surface area (Å²) < 4.78 is 0. The van der Waals surface area contributed by atoms with Crippen molar-refractivity contribution in [1.82, 2.24) is 14.9 Å². The summed E-state index contributed by atoms with van der Waals surface area (Å²) in [6.07, 6.45) is 4.71. The highest BCUT2D eigenvalue weighted by atomic mass is 16.2. The van der Waals surface area contributed by atoms with Crippen molar-refractivity contribution in [3.05, 3.63) is 64.2 Å². The van der Waals surface area contributed by atoms with Gasteiger partial charge in [0.1, 0.15) is 5.82 Å². The maximum absolute atomic E-state index is 12.7. The van der Waals surface area contributed by atoms with Gasteiger partial charge in [-0.05, 0) is 69.3 Å². The van der Waals surface area contributed by atoms with E-state index in [4.69, 9.17) is 0 Å². The number of aromatic amines is 1. The third-order valence-electron chi connectivity index (χ3n) is 5.56. The first kappa shape index (κ1) is 21.7. The van der Waals surface area contributed by atoms with Crippen molar-refractivity contribution < 1.29 is 9.59 Å². The van der Waals surface area contributed by atoms with E-state index in [2.05, 4.69) is 25.5 Å². The Morgan fingerprint density at radius 3 is 2.47 bits per heavy atom. The van der Waals surface area contributed by atoms with Crippen molar-refractivity contribution in [1.29, 1.82) is 0 Å². The minimum absolute atomic E-state index is 0.0587. The molecule has 3 aromatic rings. The lowest BCUT2D eigenvalue weighted by Crippen LogP contribution is -2.33. The van der Waals surface area contributed by atoms with Gasteiger partial charge in [-0.3, -0.25) is 19.3 Å². The van der Waals surface area contributed by atoms with E-state index in [0.717, 1.165) is 25.9 Å². The smallest absolute Gasteiger partial charge is 0.258 e. The number of nitrogens with one attached hydrogen (secondary N) is 3. The van der Waals surface area contributed by atoms with Gasteiger partial charge in [0.2, 0.25) is 5.91 Å². The van der Waals surface area contributed by atoms with Gasteiger partial charge in [0, 0.05) is 16.9 Å². The van der Waals surface area contributed by atoms with E-state index in [1.54, 1.807) is 49.4 Å². The van der Waals surface area contributed by atoms with Gasteiger partial charge < -0.3 is 15.6 Å². The number of aromatic nitrogens is 2. The van der Waals surface area contributed by atoms with Gasteiger partial charge >= 0.3 is 0 Å². The third kappa shape index (κ3) is 5.39. The highest BCUT2D eigenvalue weighted by Gasteiger charge is 2.14. The minimum atomic E-state index is -0.320. The van der Waals surface area contributed by atoms with E-state index in [-0.39, 0.29) is 17.4 Å². The summed E-state index contributed by atoms with van der Waals surface area (Å²) >= 11 is 0. The van der Waals surface area contributed by atoms with E-state index in [9.17, 15) is 14.4 Å². The van der Waals surface area contributed by atoms with E-state index in [1.165, 1.54) is 12.8 Å². The molecule has 0 spiro atoms. The minimum Gasteiger partial charge on any atom is -0.325 e. The van der Waals surface area contributed by atoms with Crippen LogP contribution in [-0.4, -0.2) is 46.3 Å². The van der Waals surface area contributed by atoms with Crippen molar-refractivity contribution in [2.75, 3.05) is 30.3 Å². The number of H-pyrrole nitrogens is 1. The van der Waals surface area contributed by atoms with E-state index in [1.807, 2.05) is 0 Å². The Balaban J connectivity index is 1.42. The number of rotatable bonds is 5. The quantitative estimate of drug-likeness (QED) is 0.572. The Morgan fingerprint density at radius 2 is 1.72 bits per heavy atom. The van der Waals surface area contributed by atoms with Gasteiger partial charge in [-0.1, -0.05) is 18.9 Å². The molecule has 2 heterocycles. The van der Waals surface area contributed by atoms with Crippen LogP contribution in [-0.2, 0) is 4.79 Å². The van der Waals surface area contributed by atoms with Crippen LogP contribution in [0.1, 0.15) is 41.9 Å². The monoisotopic (exact) mass is 433 g/mol. The molecule has 0 aliphatic carbocycles. The SMILES string of the molecule is Cc1nc2cc(C(=O)Nc3cccc(NC(=O)CN4CCCCCC4)c3)ccc2c(=O)[nH]1. The second-order valence-corrected chi connectivity index (χ2v) is 8.16. The molecular formula is C24H27N5O3. The Hall–Kier alpha value is -3.52. The molecule has 1 aliphatic heterocycles. The molecule has 0 unspecified atom stereocenters. The van der Waals surface area contributed by atoms with Crippen molar-refractivity contribution in [2.45, 2.75) is 32.6 Å². The molecule has 1 aliphatic rings. The first-order valence-corrected chi connectivity index (χ1v) is 10.9. The van der Waals surface area contributed by atoms with Gasteiger partial charge in [-0.25, -0.2) is 4.98 Å². The third-order valence-corrected chi connectivity index (χ3v) is 5.56. The average molecular weight is 434 g/mol. The summed E-state index contributed by atoms with van der Waals surface area (Å²) in [6.45, 7) is 3.98. The molecule has 0 radical (unpaired) electrons. The molecule has 8 nitrogen and oxygen atoms in total. The maximum atomic E-state index is 12.7. The maximum Gasteiger partial charge on any atom is 0.258 e. The summed E-state index contributed by atoms with van der Waals surface area (Å²) in [5, 5.41) is 6.19. The highest BCUT2D eigenvalue weighted by Crippen LogP contribution is 2.18. The van der Waals surface area contributed by atoms with Crippen molar-refractivity contribution in [3.63, 3.8) is 0 Å². The molecule has 1 saturated heterocycles. The Labute approximate surface area is 186 Å². The lowest BCUT2D eigenvalue weighted by atomic mass is 10.1. The van der Waals surface area contributed by atoms with Crippen LogP contribution in [0.25, 0.3) is 10.9 Å². The van der Waals surface area contributed by atoms with Crippen LogP contribution in [0.15, 0.2) is 47.3 Å². The number of nitrogens with zero attached hydrogens (tertiary/aromatic N) is 2. The molecule has 1 fully saturated rings. The summed E-state index contributed by atoms with van der Waals surface area (Å²) in [4.78, 5) is 46.3. The van der Waals surface area contributed by atoms with Crippen LogP contribution in [0.4, 0.5) is 11.4 Å². The second-order valence-electron chi connectivity index (χ2n) is 8.16. The first-order valence-electron chi connectivity index (χ1n) is 10.9. The summed E-state index contributed by atoms with van der Waals surface area (Å²) in [5.41, 5.74) is 1.82. The zero-order valence-corrected chi connectivity index (χ0v) is 18.1. The lowest BCUT2D eigenvalue weighted by Gasteiger charge is -2.19. The molecule has 0 bridgehead atoms. The number of carbonyl (C=O) groups is 2. The number of hydrogen-bond acceptors (Lipinski definition) is 5. The average Bonchev–Trinajstić information content (AvgIpc) is 3.02. The van der Waals surface area contributed by atoms with Crippen molar-refractivity contribution >= 4 is 34.1 Å². The Kier molecular flexibility index (Phi) is 6.61. The van der Waals surface area contributed by atoms with Gasteiger partial charge in [0.25, 0.3) is 11.5 Å². The Bertz CT molecular complexity index is 1200. The van der Waals surface area contributed by atoms with Crippen LogP contribution < -0.4 is 16.2 Å². The predicted molar refractivity (Wildman–Crippen MR) is 125 cm³/mol. The zero-order valence-electron chi connectivity index (χ0n) is 18.1. The number of aryl methyl sites for hydroxylation is 1. The number of carbonyl (C=O) groups excluding carboxylic acids is 2. The van der Waals surface area contributed by atoms with Crippen LogP contribution >= 0.6 is 0 Å². The Morgan fingerprint density at radius 1 is 1.00 bits per heavy atom. The fourth-order valence-corrected chi connectivity index (χ4v) is 3.97. The largest absolute Gasteiger partial charge is 0.325 e. The number of fused-ring (bicyclic) bond motifs is 1. The highest BCUT2D eigenvalue weighted by molar-refractivity contribution is 6.06. The fraction of sp³-hybridized carbons (Fsp3) is 0.333. The number of amides is 2. The molecule has 3 N–H and O–H groups in total.